The highest BCUT2D eigenvalue weighted by atomic mass is 32.2. The van der Waals surface area contributed by atoms with Gasteiger partial charge in [0.15, 0.2) is 5.17 Å². The van der Waals surface area contributed by atoms with Crippen molar-refractivity contribution in [3.8, 4) is 0 Å². The van der Waals surface area contributed by atoms with Gasteiger partial charge >= 0.3 is 0 Å². The number of thioether (sulfide) groups is 1. The van der Waals surface area contributed by atoms with Crippen molar-refractivity contribution < 1.29 is 0 Å². The van der Waals surface area contributed by atoms with Gasteiger partial charge in [0.1, 0.15) is 0 Å². The summed E-state index contributed by atoms with van der Waals surface area (Å²) >= 11 is 1.91. The zero-order valence-corrected chi connectivity index (χ0v) is 11.7. The molecule has 2 rings (SSSR count). The van der Waals surface area contributed by atoms with E-state index in [9.17, 15) is 0 Å². The van der Waals surface area contributed by atoms with Crippen LogP contribution in [0.5, 0.6) is 0 Å². The van der Waals surface area contributed by atoms with E-state index in [0.717, 1.165) is 0 Å². The summed E-state index contributed by atoms with van der Waals surface area (Å²) in [6.07, 6.45) is 3.94. The van der Waals surface area contributed by atoms with E-state index in [1.807, 2.05) is 11.8 Å². The van der Waals surface area contributed by atoms with Gasteiger partial charge in [-0.1, -0.05) is 45.9 Å². The highest BCUT2D eigenvalue weighted by Crippen LogP contribution is 2.40. The van der Waals surface area contributed by atoms with Crippen molar-refractivity contribution in [2.75, 3.05) is 5.75 Å². The molecule has 92 valence electrons. The summed E-state index contributed by atoms with van der Waals surface area (Å²) in [5.41, 5.74) is 0.408. The van der Waals surface area contributed by atoms with E-state index in [4.69, 9.17) is 4.99 Å². The first-order valence-electron chi connectivity index (χ1n) is 6.46. The number of nitrogens with one attached hydrogen (secondary N) is 1. The second-order valence-corrected chi connectivity index (χ2v) is 7.15. The monoisotopic (exact) mass is 240 g/mol. The quantitative estimate of drug-likeness (QED) is 0.801. The van der Waals surface area contributed by atoms with E-state index < -0.39 is 0 Å². The maximum absolute atomic E-state index is 4.93. The summed E-state index contributed by atoms with van der Waals surface area (Å²) in [6.45, 7) is 9.27. The Morgan fingerprint density at radius 3 is 2.69 bits per heavy atom. The van der Waals surface area contributed by atoms with Gasteiger partial charge < -0.3 is 5.32 Å². The van der Waals surface area contributed by atoms with Crippen molar-refractivity contribution in [3.63, 3.8) is 0 Å². The third-order valence-corrected chi connectivity index (χ3v) is 5.01. The Morgan fingerprint density at radius 1 is 1.44 bits per heavy atom. The standard InChI is InChI=1S/C13H24N2S/c1-9(2)10-8-16-12(14-10)15-11-6-5-7-13(11,3)4/h9-11H,5-8H2,1-4H3,(H,14,15). The van der Waals surface area contributed by atoms with Crippen LogP contribution in [0.15, 0.2) is 4.99 Å². The van der Waals surface area contributed by atoms with Crippen LogP contribution in [0.25, 0.3) is 0 Å². The minimum atomic E-state index is 0.408. The fourth-order valence-corrected chi connectivity index (χ4v) is 3.78. The zero-order valence-electron chi connectivity index (χ0n) is 10.9. The Kier molecular flexibility index (Phi) is 3.53. The van der Waals surface area contributed by atoms with E-state index in [-0.39, 0.29) is 0 Å². The molecule has 1 N–H and O–H groups in total. The average Bonchev–Trinajstić information content (AvgIpc) is 2.75. The molecule has 0 aromatic rings. The molecule has 0 aromatic carbocycles. The molecule has 0 radical (unpaired) electrons. The number of rotatable bonds is 2. The topological polar surface area (TPSA) is 24.4 Å². The molecule has 16 heavy (non-hydrogen) atoms. The Balaban J connectivity index is 1.98. The lowest BCUT2D eigenvalue weighted by Crippen LogP contribution is -2.33. The Labute approximate surface area is 104 Å². The fraction of sp³-hybridized carbons (Fsp3) is 0.923. The molecule has 2 nitrogen and oxygen atoms in total. The minimum Gasteiger partial charge on any atom is -0.361 e. The molecule has 3 heteroatoms. The summed E-state index contributed by atoms with van der Waals surface area (Å²) in [5.74, 6) is 1.89. The van der Waals surface area contributed by atoms with E-state index in [0.29, 0.717) is 23.4 Å². The number of hydrogen-bond donors (Lipinski definition) is 1. The van der Waals surface area contributed by atoms with Gasteiger partial charge in [0, 0.05) is 11.8 Å². The van der Waals surface area contributed by atoms with Crippen LogP contribution in [0, 0.1) is 11.3 Å². The predicted molar refractivity (Wildman–Crippen MR) is 73.1 cm³/mol. The lowest BCUT2D eigenvalue weighted by Gasteiger charge is -2.24. The Bertz CT molecular complexity index is 284. The van der Waals surface area contributed by atoms with E-state index in [1.165, 1.54) is 30.2 Å². The van der Waals surface area contributed by atoms with Gasteiger partial charge in [0.05, 0.1) is 6.04 Å². The molecule has 2 unspecified atom stereocenters. The van der Waals surface area contributed by atoms with Crippen LogP contribution in [0.2, 0.25) is 0 Å². The second-order valence-electron chi connectivity index (χ2n) is 6.14. The van der Waals surface area contributed by atoms with Crippen molar-refractivity contribution in [1.29, 1.82) is 0 Å². The van der Waals surface area contributed by atoms with Gasteiger partial charge in [0.2, 0.25) is 0 Å². The summed E-state index contributed by atoms with van der Waals surface area (Å²) in [7, 11) is 0. The van der Waals surface area contributed by atoms with Gasteiger partial charge in [-0.15, -0.1) is 0 Å². The molecule has 1 aliphatic heterocycles. The normalized spacial score (nSPS) is 35.9. The SMILES string of the molecule is CC(C)C1CSC(=NC2CCCC2(C)C)N1. The maximum Gasteiger partial charge on any atom is 0.157 e. The first-order chi connectivity index (χ1) is 7.49. The molecular weight excluding hydrogens is 216 g/mol. The molecule has 2 aliphatic rings. The molecule has 1 heterocycles. The van der Waals surface area contributed by atoms with Crippen molar-refractivity contribution in [1.82, 2.24) is 5.32 Å². The van der Waals surface area contributed by atoms with Crippen molar-refractivity contribution in [2.24, 2.45) is 16.3 Å². The Hall–Kier alpha value is -0.180. The third-order valence-electron chi connectivity index (χ3n) is 3.99. The van der Waals surface area contributed by atoms with Crippen LogP contribution < -0.4 is 5.32 Å². The number of aliphatic imine (C=N–C) groups is 1. The number of hydrogen-bond acceptors (Lipinski definition) is 2. The molecule has 0 bridgehead atoms. The first-order valence-corrected chi connectivity index (χ1v) is 7.45. The van der Waals surface area contributed by atoms with Gasteiger partial charge in [0.25, 0.3) is 0 Å². The van der Waals surface area contributed by atoms with Crippen LogP contribution in [0.3, 0.4) is 0 Å². The average molecular weight is 240 g/mol. The highest BCUT2D eigenvalue weighted by Gasteiger charge is 2.35. The molecule has 2 atom stereocenters. The van der Waals surface area contributed by atoms with Crippen LogP contribution in [0.1, 0.15) is 47.0 Å². The first kappa shape index (κ1) is 12.3. The minimum absolute atomic E-state index is 0.408. The lowest BCUT2D eigenvalue weighted by molar-refractivity contribution is 0.334. The van der Waals surface area contributed by atoms with Gasteiger partial charge in [-0.2, -0.15) is 0 Å². The highest BCUT2D eigenvalue weighted by molar-refractivity contribution is 8.14. The molecule has 1 saturated heterocycles. The summed E-state index contributed by atoms with van der Waals surface area (Å²) < 4.78 is 0. The van der Waals surface area contributed by atoms with Crippen LogP contribution in [0.4, 0.5) is 0 Å². The molecule has 1 saturated carbocycles. The van der Waals surface area contributed by atoms with E-state index >= 15 is 0 Å². The van der Waals surface area contributed by atoms with Gasteiger partial charge in [-0.25, -0.2) is 0 Å². The molecule has 1 aliphatic carbocycles. The van der Waals surface area contributed by atoms with Crippen LogP contribution >= 0.6 is 11.8 Å². The Morgan fingerprint density at radius 2 is 2.19 bits per heavy atom. The van der Waals surface area contributed by atoms with E-state index in [2.05, 4.69) is 33.0 Å². The lowest BCUT2D eigenvalue weighted by atomic mass is 9.88. The summed E-state index contributed by atoms with van der Waals surface area (Å²) in [6, 6.07) is 1.15. The number of nitrogens with zero attached hydrogens (tertiary/aromatic N) is 1. The molecular formula is C13H24N2S. The molecule has 2 fully saturated rings. The largest absolute Gasteiger partial charge is 0.361 e. The van der Waals surface area contributed by atoms with Crippen LogP contribution in [-0.4, -0.2) is 23.0 Å². The van der Waals surface area contributed by atoms with Crippen molar-refractivity contribution in [2.45, 2.75) is 59.0 Å². The molecule has 0 aromatic heterocycles. The summed E-state index contributed by atoms with van der Waals surface area (Å²) in [4.78, 5) is 4.93. The zero-order chi connectivity index (χ0) is 11.8. The third kappa shape index (κ3) is 2.55. The van der Waals surface area contributed by atoms with Crippen molar-refractivity contribution in [3.05, 3.63) is 0 Å². The van der Waals surface area contributed by atoms with Gasteiger partial charge in [-0.05, 0) is 24.2 Å². The van der Waals surface area contributed by atoms with Crippen molar-refractivity contribution >= 4 is 16.9 Å². The van der Waals surface area contributed by atoms with Gasteiger partial charge in [-0.3, -0.25) is 4.99 Å². The smallest absolute Gasteiger partial charge is 0.157 e. The molecule has 0 spiro atoms. The number of amidine groups is 1. The van der Waals surface area contributed by atoms with Crippen LogP contribution in [-0.2, 0) is 0 Å². The summed E-state index contributed by atoms with van der Waals surface area (Å²) in [5, 5.41) is 4.76. The molecule has 0 amide bonds. The maximum atomic E-state index is 4.93. The predicted octanol–water partition coefficient (Wildman–Crippen LogP) is 3.28. The second kappa shape index (κ2) is 4.59. The van der Waals surface area contributed by atoms with E-state index in [1.54, 1.807) is 0 Å². The fourth-order valence-electron chi connectivity index (χ4n) is 2.53.